The Balaban J connectivity index is 2.08. The molecular weight excluding hydrogens is 374 g/mol. The molecule has 0 N–H and O–H groups in total. The molecule has 0 aliphatic rings. The van der Waals surface area contributed by atoms with Crippen molar-refractivity contribution in [3.8, 4) is 11.3 Å². The number of hydrogen-bond donors (Lipinski definition) is 0. The fraction of sp³-hybridized carbons (Fsp3) is 0.360. The topological polar surface area (TPSA) is 30.2 Å². The lowest BCUT2D eigenvalue weighted by molar-refractivity contribution is 0.638. The monoisotopic (exact) mass is 403 g/mol. The third kappa shape index (κ3) is 3.10. The molecule has 0 saturated heterocycles. The maximum absolute atomic E-state index is 5.02. The molecule has 0 saturated carbocycles. The van der Waals surface area contributed by atoms with Crippen LogP contribution in [-0.4, -0.2) is 14.6 Å². The van der Waals surface area contributed by atoms with E-state index in [1.165, 1.54) is 31.7 Å². The second-order valence-electron chi connectivity index (χ2n) is 8.03. The van der Waals surface area contributed by atoms with E-state index in [4.69, 9.17) is 10.1 Å². The van der Waals surface area contributed by atoms with E-state index in [0.29, 0.717) is 5.92 Å². The van der Waals surface area contributed by atoms with Crippen LogP contribution in [0.25, 0.3) is 32.6 Å². The van der Waals surface area contributed by atoms with E-state index < -0.39 is 0 Å². The minimum absolute atomic E-state index is 0.504. The highest BCUT2D eigenvalue weighted by atomic mass is 32.1. The number of rotatable bonds is 5. The van der Waals surface area contributed by atoms with Crippen LogP contribution in [0.1, 0.15) is 66.9 Å². The van der Waals surface area contributed by atoms with Crippen molar-refractivity contribution in [1.82, 2.24) is 14.6 Å². The molecular formula is C25H29N3S. The zero-order valence-electron chi connectivity index (χ0n) is 18.3. The van der Waals surface area contributed by atoms with Crippen LogP contribution in [0.3, 0.4) is 0 Å². The molecule has 0 bridgehead atoms. The first-order valence-corrected chi connectivity index (χ1v) is 11.2. The number of benzene rings is 1. The van der Waals surface area contributed by atoms with Crippen molar-refractivity contribution >= 4 is 32.6 Å². The van der Waals surface area contributed by atoms with Crippen molar-refractivity contribution in [3.05, 3.63) is 58.2 Å². The molecule has 0 fully saturated rings. The van der Waals surface area contributed by atoms with Crippen LogP contribution in [0.15, 0.2) is 30.8 Å². The van der Waals surface area contributed by atoms with Crippen LogP contribution in [0, 0.1) is 20.8 Å². The lowest BCUT2D eigenvalue weighted by atomic mass is 9.95. The summed E-state index contributed by atoms with van der Waals surface area (Å²) in [4.78, 5) is 6.32. The first kappa shape index (κ1) is 19.8. The molecule has 3 nitrogen and oxygen atoms in total. The lowest BCUT2D eigenvalue weighted by Crippen LogP contribution is -2.05. The van der Waals surface area contributed by atoms with Crippen molar-refractivity contribution < 1.29 is 0 Å². The van der Waals surface area contributed by atoms with E-state index in [2.05, 4.69) is 76.9 Å². The maximum Gasteiger partial charge on any atom is 0.157 e. The summed E-state index contributed by atoms with van der Waals surface area (Å²) >= 11 is 1.84. The van der Waals surface area contributed by atoms with Gasteiger partial charge in [-0.25, -0.2) is 9.50 Å². The molecule has 4 heteroatoms. The van der Waals surface area contributed by atoms with E-state index in [0.717, 1.165) is 41.1 Å². The zero-order chi connectivity index (χ0) is 20.9. The molecule has 150 valence electrons. The molecule has 0 aliphatic carbocycles. The number of thiophene rings is 1. The smallest absolute Gasteiger partial charge is 0.157 e. The minimum Gasteiger partial charge on any atom is -0.231 e. The SMILES string of the molecule is C=C(C)c1cccc2c(-c3c(C)nc4c(C(CC)CC)cc(C)nn34)c(C)sc12. The molecule has 4 rings (SSSR count). The van der Waals surface area contributed by atoms with Crippen molar-refractivity contribution in [3.63, 3.8) is 0 Å². The Morgan fingerprint density at radius 3 is 2.55 bits per heavy atom. The van der Waals surface area contributed by atoms with Crippen LogP contribution in [0.5, 0.6) is 0 Å². The average molecular weight is 404 g/mol. The lowest BCUT2D eigenvalue weighted by Gasteiger charge is -2.15. The Labute approximate surface area is 177 Å². The van der Waals surface area contributed by atoms with Crippen LogP contribution in [-0.2, 0) is 0 Å². The normalized spacial score (nSPS) is 11.8. The van der Waals surface area contributed by atoms with Gasteiger partial charge >= 0.3 is 0 Å². The third-order valence-electron chi connectivity index (χ3n) is 5.92. The van der Waals surface area contributed by atoms with Gasteiger partial charge in [0.2, 0.25) is 0 Å². The number of nitrogens with zero attached hydrogens (tertiary/aromatic N) is 3. The van der Waals surface area contributed by atoms with Crippen molar-refractivity contribution in [2.75, 3.05) is 0 Å². The van der Waals surface area contributed by atoms with Gasteiger partial charge in [-0.1, -0.05) is 38.6 Å². The Morgan fingerprint density at radius 2 is 1.90 bits per heavy atom. The second kappa shape index (κ2) is 7.42. The fourth-order valence-electron chi connectivity index (χ4n) is 4.46. The zero-order valence-corrected chi connectivity index (χ0v) is 19.1. The second-order valence-corrected chi connectivity index (χ2v) is 9.26. The van der Waals surface area contributed by atoms with E-state index in [-0.39, 0.29) is 0 Å². The molecule has 0 spiro atoms. The summed E-state index contributed by atoms with van der Waals surface area (Å²) in [5, 5.41) is 6.18. The van der Waals surface area contributed by atoms with Crippen molar-refractivity contribution in [1.29, 1.82) is 0 Å². The number of allylic oxidation sites excluding steroid dienone is 1. The molecule has 0 atom stereocenters. The molecule has 4 aromatic rings. The van der Waals surface area contributed by atoms with Gasteiger partial charge in [-0.3, -0.25) is 0 Å². The van der Waals surface area contributed by atoms with Crippen molar-refractivity contribution in [2.24, 2.45) is 0 Å². The summed E-state index contributed by atoms with van der Waals surface area (Å²) in [5.74, 6) is 0.504. The summed E-state index contributed by atoms with van der Waals surface area (Å²) < 4.78 is 3.40. The summed E-state index contributed by atoms with van der Waals surface area (Å²) in [6.45, 7) is 17.2. The quantitative estimate of drug-likeness (QED) is 0.346. The maximum atomic E-state index is 5.02. The summed E-state index contributed by atoms with van der Waals surface area (Å²) in [5.41, 5.74) is 9.11. The van der Waals surface area contributed by atoms with Gasteiger partial charge in [-0.05, 0) is 63.7 Å². The summed E-state index contributed by atoms with van der Waals surface area (Å²) in [6.07, 6.45) is 2.22. The molecule has 0 amide bonds. The van der Waals surface area contributed by atoms with Gasteiger partial charge in [0.05, 0.1) is 17.1 Å². The first-order chi connectivity index (χ1) is 13.9. The number of imidazole rings is 1. The Kier molecular flexibility index (Phi) is 5.07. The molecule has 0 aliphatic heterocycles. The Hall–Kier alpha value is -2.46. The van der Waals surface area contributed by atoms with Crippen LogP contribution < -0.4 is 0 Å². The Morgan fingerprint density at radius 1 is 1.17 bits per heavy atom. The van der Waals surface area contributed by atoms with Gasteiger partial charge in [0.25, 0.3) is 0 Å². The van der Waals surface area contributed by atoms with Gasteiger partial charge in [-0.15, -0.1) is 11.3 Å². The molecule has 0 unspecified atom stereocenters. The number of hydrogen-bond acceptors (Lipinski definition) is 3. The highest BCUT2D eigenvalue weighted by molar-refractivity contribution is 7.20. The highest BCUT2D eigenvalue weighted by Gasteiger charge is 2.23. The van der Waals surface area contributed by atoms with Gasteiger partial charge in [0.1, 0.15) is 0 Å². The van der Waals surface area contributed by atoms with Gasteiger partial charge in [0.15, 0.2) is 5.65 Å². The van der Waals surface area contributed by atoms with E-state index in [9.17, 15) is 0 Å². The van der Waals surface area contributed by atoms with Crippen LogP contribution >= 0.6 is 11.3 Å². The van der Waals surface area contributed by atoms with E-state index in [1.807, 2.05) is 11.3 Å². The highest BCUT2D eigenvalue weighted by Crippen LogP contribution is 2.43. The van der Waals surface area contributed by atoms with Gasteiger partial charge in [0, 0.05) is 26.1 Å². The number of aromatic nitrogens is 3. The molecule has 29 heavy (non-hydrogen) atoms. The number of aryl methyl sites for hydroxylation is 3. The first-order valence-electron chi connectivity index (χ1n) is 10.4. The molecule has 3 heterocycles. The predicted octanol–water partition coefficient (Wildman–Crippen LogP) is 7.47. The van der Waals surface area contributed by atoms with Crippen molar-refractivity contribution in [2.45, 2.75) is 60.3 Å². The number of fused-ring (bicyclic) bond motifs is 2. The van der Waals surface area contributed by atoms with Gasteiger partial charge in [-0.2, -0.15) is 5.10 Å². The minimum atomic E-state index is 0.504. The molecule has 1 aromatic carbocycles. The Bertz CT molecular complexity index is 1240. The third-order valence-corrected chi connectivity index (χ3v) is 7.08. The largest absolute Gasteiger partial charge is 0.231 e. The molecule has 3 aromatic heterocycles. The van der Waals surface area contributed by atoms with E-state index in [1.54, 1.807) is 0 Å². The molecule has 0 radical (unpaired) electrons. The summed E-state index contributed by atoms with van der Waals surface area (Å²) in [6, 6.07) is 8.74. The summed E-state index contributed by atoms with van der Waals surface area (Å²) in [7, 11) is 0. The predicted molar refractivity (Wildman–Crippen MR) is 126 cm³/mol. The van der Waals surface area contributed by atoms with Crippen LogP contribution in [0.2, 0.25) is 0 Å². The fourth-order valence-corrected chi connectivity index (χ4v) is 5.71. The standard InChI is InChI=1S/C25H29N3S/c1-8-18(9-2)21-13-15(5)27-28-23(16(6)26-25(21)28)22-17(7)29-24-19(14(3)4)11-10-12-20(22)24/h10-13,18H,3,8-9H2,1-2,4-7H3. The van der Waals surface area contributed by atoms with Crippen LogP contribution in [0.4, 0.5) is 0 Å². The van der Waals surface area contributed by atoms with E-state index >= 15 is 0 Å². The average Bonchev–Trinajstić information content (AvgIpc) is 3.17. The van der Waals surface area contributed by atoms with Gasteiger partial charge < -0.3 is 0 Å².